The molecule has 1 aromatic carbocycles. The number of nitrogens with zero attached hydrogens (tertiary/aromatic N) is 1. The fourth-order valence-electron chi connectivity index (χ4n) is 2.21. The first-order valence-corrected chi connectivity index (χ1v) is 7.95. The lowest BCUT2D eigenvalue weighted by Crippen LogP contribution is -2.58. The lowest BCUT2D eigenvalue weighted by atomic mass is 10.1. The van der Waals surface area contributed by atoms with Gasteiger partial charge in [0.15, 0.2) is 0 Å². The van der Waals surface area contributed by atoms with Gasteiger partial charge < -0.3 is 5.73 Å². The first-order chi connectivity index (χ1) is 9.77. The second-order valence-corrected chi connectivity index (χ2v) is 6.72. The number of nitrogens with one attached hydrogen (secondary N) is 1. The lowest BCUT2D eigenvalue weighted by Gasteiger charge is -2.31. The Bertz CT molecular complexity index is 699. The number of sulfonamides is 1. The van der Waals surface area contributed by atoms with Gasteiger partial charge in [-0.05, 0) is 31.0 Å². The fraction of sp³-hybridized carbons (Fsp3) is 0.385. The molecule has 21 heavy (non-hydrogen) atoms. The zero-order valence-corrected chi connectivity index (χ0v) is 12.6. The quantitative estimate of drug-likeness (QED) is 0.597. The average molecular weight is 311 g/mol. The van der Waals surface area contributed by atoms with Gasteiger partial charge in [0, 0.05) is 5.69 Å². The van der Waals surface area contributed by atoms with Gasteiger partial charge >= 0.3 is 0 Å². The summed E-state index contributed by atoms with van der Waals surface area (Å²) in [7, 11) is -3.97. The molecule has 2 amide bonds. The van der Waals surface area contributed by atoms with Crippen molar-refractivity contribution in [2.24, 2.45) is 0 Å². The fourth-order valence-corrected chi connectivity index (χ4v) is 4.09. The Morgan fingerprint density at radius 3 is 2.67 bits per heavy atom. The van der Waals surface area contributed by atoms with Crippen LogP contribution in [0.15, 0.2) is 23.1 Å². The molecule has 0 aliphatic carbocycles. The molecule has 0 aromatic heterocycles. The summed E-state index contributed by atoms with van der Waals surface area (Å²) < 4.78 is 26.4. The minimum atomic E-state index is -3.97. The molecule has 3 N–H and O–H groups in total. The van der Waals surface area contributed by atoms with E-state index in [9.17, 15) is 18.0 Å². The third-order valence-electron chi connectivity index (χ3n) is 3.43. The Kier molecular flexibility index (Phi) is 4.02. The van der Waals surface area contributed by atoms with Crippen molar-refractivity contribution in [2.45, 2.75) is 31.2 Å². The van der Waals surface area contributed by atoms with Crippen LogP contribution >= 0.6 is 0 Å². The van der Waals surface area contributed by atoms with Gasteiger partial charge in [0.25, 0.3) is 0 Å². The van der Waals surface area contributed by atoms with Crippen molar-refractivity contribution < 1.29 is 18.0 Å². The smallest absolute Gasteiger partial charge is 0.244 e. The molecule has 0 bridgehead atoms. The molecule has 1 aromatic rings. The monoisotopic (exact) mass is 311 g/mol. The number of piperazine rings is 1. The van der Waals surface area contributed by atoms with E-state index in [0.29, 0.717) is 17.7 Å². The van der Waals surface area contributed by atoms with E-state index in [1.807, 2.05) is 6.92 Å². The van der Waals surface area contributed by atoms with Gasteiger partial charge in [-0.1, -0.05) is 13.0 Å². The van der Waals surface area contributed by atoms with Gasteiger partial charge in [-0.2, -0.15) is 4.31 Å². The van der Waals surface area contributed by atoms with Crippen molar-refractivity contribution >= 4 is 27.5 Å². The maximum Gasteiger partial charge on any atom is 0.244 e. The first kappa shape index (κ1) is 15.5. The number of carbonyl (C=O) groups is 2. The number of hydrogen-bond acceptors (Lipinski definition) is 5. The molecule has 1 heterocycles. The highest BCUT2D eigenvalue weighted by Gasteiger charge is 2.39. The van der Waals surface area contributed by atoms with Crippen LogP contribution in [0.25, 0.3) is 0 Å². The second kappa shape index (κ2) is 5.45. The summed E-state index contributed by atoms with van der Waals surface area (Å²) in [4.78, 5) is 23.2. The Balaban J connectivity index is 2.53. The number of aryl methyl sites for hydroxylation is 1. The largest absolute Gasteiger partial charge is 0.399 e. The standard InChI is InChI=1S/C13H17N3O4S/c1-3-9-4-5-10(14)6-11(9)21(19,20)16-7-12(17)15-13(18)8(16)2/h4-6,8H,3,7,14H2,1-2H3,(H,15,17,18). The van der Waals surface area contributed by atoms with E-state index in [-0.39, 0.29) is 11.4 Å². The van der Waals surface area contributed by atoms with Gasteiger partial charge in [0.2, 0.25) is 21.8 Å². The maximum atomic E-state index is 12.8. The predicted molar refractivity (Wildman–Crippen MR) is 76.7 cm³/mol. The van der Waals surface area contributed by atoms with Gasteiger partial charge in [0.05, 0.1) is 11.4 Å². The van der Waals surface area contributed by atoms with E-state index in [4.69, 9.17) is 5.73 Å². The summed E-state index contributed by atoms with van der Waals surface area (Å²) in [5.74, 6) is -1.26. The summed E-state index contributed by atoms with van der Waals surface area (Å²) in [5, 5.41) is 2.11. The Hall–Kier alpha value is -1.93. The molecule has 114 valence electrons. The minimum Gasteiger partial charge on any atom is -0.399 e. The van der Waals surface area contributed by atoms with Crippen LogP contribution in [-0.2, 0) is 26.0 Å². The molecule has 0 saturated carbocycles. The molecule has 1 saturated heterocycles. The van der Waals surface area contributed by atoms with E-state index in [1.165, 1.54) is 13.0 Å². The van der Waals surface area contributed by atoms with Crippen LogP contribution in [0.3, 0.4) is 0 Å². The third-order valence-corrected chi connectivity index (χ3v) is 5.43. The van der Waals surface area contributed by atoms with Crippen molar-refractivity contribution in [3.05, 3.63) is 23.8 Å². The summed E-state index contributed by atoms with van der Waals surface area (Å²) >= 11 is 0. The molecular weight excluding hydrogens is 294 g/mol. The molecule has 1 unspecified atom stereocenters. The van der Waals surface area contributed by atoms with Crippen molar-refractivity contribution in [1.29, 1.82) is 0 Å². The number of nitrogens with two attached hydrogens (primary N) is 1. The number of anilines is 1. The van der Waals surface area contributed by atoms with Gasteiger partial charge in [-0.3, -0.25) is 14.9 Å². The van der Waals surface area contributed by atoms with Crippen molar-refractivity contribution in [3.63, 3.8) is 0 Å². The maximum absolute atomic E-state index is 12.8. The van der Waals surface area contributed by atoms with Crippen LogP contribution in [0.1, 0.15) is 19.4 Å². The van der Waals surface area contributed by atoms with Gasteiger partial charge in [-0.25, -0.2) is 8.42 Å². The summed E-state index contributed by atoms with van der Waals surface area (Å²) in [6, 6.07) is 3.67. The molecular formula is C13H17N3O4S. The van der Waals surface area contributed by atoms with E-state index < -0.39 is 27.9 Å². The number of benzene rings is 1. The Labute approximate surface area is 123 Å². The number of rotatable bonds is 3. The molecule has 1 aliphatic rings. The molecule has 0 spiro atoms. The zero-order chi connectivity index (χ0) is 15.8. The van der Waals surface area contributed by atoms with E-state index >= 15 is 0 Å². The molecule has 2 rings (SSSR count). The van der Waals surface area contributed by atoms with Gasteiger partial charge in [-0.15, -0.1) is 0 Å². The summed E-state index contributed by atoms with van der Waals surface area (Å²) in [6.07, 6.45) is 0.497. The molecule has 1 fully saturated rings. The number of hydrogen-bond donors (Lipinski definition) is 2. The van der Waals surface area contributed by atoms with Crippen molar-refractivity contribution in [3.8, 4) is 0 Å². The molecule has 8 heteroatoms. The molecule has 7 nitrogen and oxygen atoms in total. The minimum absolute atomic E-state index is 0.0411. The van der Waals surface area contributed by atoms with Crippen molar-refractivity contribution in [1.82, 2.24) is 9.62 Å². The van der Waals surface area contributed by atoms with Crippen LogP contribution in [0, 0.1) is 0 Å². The number of nitrogen functional groups attached to an aromatic ring is 1. The zero-order valence-electron chi connectivity index (χ0n) is 11.8. The number of imide groups is 1. The normalized spacial score (nSPS) is 20.4. The number of carbonyl (C=O) groups excluding carboxylic acids is 2. The molecule has 1 atom stereocenters. The van der Waals surface area contributed by atoms with Crippen LogP contribution in [-0.4, -0.2) is 37.1 Å². The van der Waals surface area contributed by atoms with Gasteiger partial charge in [0.1, 0.15) is 6.04 Å². The average Bonchev–Trinajstić information content (AvgIpc) is 2.42. The van der Waals surface area contributed by atoms with Crippen LogP contribution < -0.4 is 11.1 Å². The van der Waals surface area contributed by atoms with E-state index in [2.05, 4.69) is 5.32 Å². The van der Waals surface area contributed by atoms with Crippen LogP contribution in [0.2, 0.25) is 0 Å². The predicted octanol–water partition coefficient (Wildman–Crippen LogP) is -0.133. The highest BCUT2D eigenvalue weighted by molar-refractivity contribution is 7.89. The summed E-state index contributed by atoms with van der Waals surface area (Å²) in [6.45, 7) is 2.88. The third kappa shape index (κ3) is 2.77. The van der Waals surface area contributed by atoms with Crippen LogP contribution in [0.4, 0.5) is 5.69 Å². The number of amides is 2. The topological polar surface area (TPSA) is 110 Å². The molecule has 0 radical (unpaired) electrons. The molecule has 1 aliphatic heterocycles. The Morgan fingerprint density at radius 1 is 1.38 bits per heavy atom. The highest BCUT2D eigenvalue weighted by Crippen LogP contribution is 2.25. The lowest BCUT2D eigenvalue weighted by molar-refractivity contribution is -0.136. The van der Waals surface area contributed by atoms with Crippen molar-refractivity contribution in [2.75, 3.05) is 12.3 Å². The first-order valence-electron chi connectivity index (χ1n) is 6.51. The Morgan fingerprint density at radius 2 is 2.05 bits per heavy atom. The summed E-state index contributed by atoms with van der Waals surface area (Å²) in [5.41, 5.74) is 6.57. The van der Waals surface area contributed by atoms with Crippen LogP contribution in [0.5, 0.6) is 0 Å². The van der Waals surface area contributed by atoms with E-state index in [1.54, 1.807) is 12.1 Å². The van der Waals surface area contributed by atoms with E-state index in [0.717, 1.165) is 4.31 Å². The highest BCUT2D eigenvalue weighted by atomic mass is 32.2. The second-order valence-electron chi connectivity index (χ2n) is 4.86. The SMILES string of the molecule is CCc1ccc(N)cc1S(=O)(=O)N1CC(=O)NC(=O)C1C.